The Labute approximate surface area is 126 Å². The van der Waals surface area contributed by atoms with Gasteiger partial charge < -0.3 is 4.74 Å². The van der Waals surface area contributed by atoms with E-state index < -0.39 is 10.0 Å². The first-order valence-corrected chi connectivity index (χ1v) is 8.75. The Bertz CT molecular complexity index is 595. The maximum Gasteiger partial charge on any atom is 0.213 e. The fraction of sp³-hybridized carbons (Fsp3) is 0.533. The molecular weight excluding hydrogens is 290 g/mol. The summed E-state index contributed by atoms with van der Waals surface area (Å²) in [6.45, 7) is 2.44. The van der Waals surface area contributed by atoms with E-state index >= 15 is 0 Å². The number of methoxy groups -OCH3 is 1. The van der Waals surface area contributed by atoms with Crippen molar-refractivity contribution in [1.82, 2.24) is 4.31 Å². The van der Waals surface area contributed by atoms with Crippen LogP contribution >= 0.6 is 0 Å². The SMILES string of the molecule is CCS(=O)(=O)N1CCCC(C(=O)c2ccc(OC)cc2)C1. The summed E-state index contributed by atoms with van der Waals surface area (Å²) in [5.74, 6) is 0.531. The van der Waals surface area contributed by atoms with Crippen molar-refractivity contribution >= 4 is 15.8 Å². The zero-order chi connectivity index (χ0) is 15.5. The van der Waals surface area contributed by atoms with Gasteiger partial charge in [0.15, 0.2) is 5.78 Å². The van der Waals surface area contributed by atoms with Crippen molar-refractivity contribution in [2.45, 2.75) is 19.8 Å². The first-order valence-electron chi connectivity index (χ1n) is 7.14. The number of sulfonamides is 1. The summed E-state index contributed by atoms with van der Waals surface area (Å²) >= 11 is 0. The molecule has 1 aliphatic heterocycles. The Kier molecular flexibility index (Phi) is 5.00. The van der Waals surface area contributed by atoms with E-state index in [1.165, 1.54) is 4.31 Å². The lowest BCUT2D eigenvalue weighted by Crippen LogP contribution is -2.42. The third-order valence-electron chi connectivity index (χ3n) is 3.89. The number of carbonyl (C=O) groups excluding carboxylic acids is 1. The number of hydrogen-bond donors (Lipinski definition) is 0. The number of ketones is 1. The highest BCUT2D eigenvalue weighted by Gasteiger charge is 2.31. The maximum atomic E-state index is 12.5. The molecule has 6 heteroatoms. The molecular formula is C15H21NO4S. The largest absolute Gasteiger partial charge is 0.497 e. The molecule has 1 unspecified atom stereocenters. The lowest BCUT2D eigenvalue weighted by Gasteiger charge is -2.30. The van der Waals surface area contributed by atoms with Gasteiger partial charge in [-0.15, -0.1) is 0 Å². The molecule has 5 nitrogen and oxygen atoms in total. The normalized spacial score (nSPS) is 20.2. The fourth-order valence-corrected chi connectivity index (χ4v) is 3.76. The van der Waals surface area contributed by atoms with Crippen LogP contribution in [0.4, 0.5) is 0 Å². The van der Waals surface area contributed by atoms with Gasteiger partial charge in [0, 0.05) is 24.6 Å². The minimum Gasteiger partial charge on any atom is -0.497 e. The predicted octanol–water partition coefficient (Wildman–Crippen LogP) is 1.94. The van der Waals surface area contributed by atoms with Gasteiger partial charge in [0.2, 0.25) is 10.0 Å². The zero-order valence-electron chi connectivity index (χ0n) is 12.4. The standard InChI is InChI=1S/C15H21NO4S/c1-3-21(18,19)16-10-4-5-13(11-16)15(17)12-6-8-14(20-2)9-7-12/h6-9,13H,3-5,10-11H2,1-2H3. The molecule has 1 saturated heterocycles. The summed E-state index contributed by atoms with van der Waals surface area (Å²) < 4.78 is 30.4. The molecule has 0 saturated carbocycles. The van der Waals surface area contributed by atoms with Crippen LogP contribution in [0.1, 0.15) is 30.1 Å². The number of ether oxygens (including phenoxy) is 1. The maximum absolute atomic E-state index is 12.5. The van der Waals surface area contributed by atoms with E-state index in [1.54, 1.807) is 38.3 Å². The van der Waals surface area contributed by atoms with E-state index in [0.717, 1.165) is 12.8 Å². The van der Waals surface area contributed by atoms with Crippen LogP contribution in [0.3, 0.4) is 0 Å². The highest BCUT2D eigenvalue weighted by atomic mass is 32.2. The van der Waals surface area contributed by atoms with Crippen molar-refractivity contribution in [1.29, 1.82) is 0 Å². The topological polar surface area (TPSA) is 63.7 Å². The van der Waals surface area contributed by atoms with E-state index in [9.17, 15) is 13.2 Å². The van der Waals surface area contributed by atoms with Gasteiger partial charge >= 0.3 is 0 Å². The van der Waals surface area contributed by atoms with Gasteiger partial charge in [-0.05, 0) is 44.0 Å². The smallest absolute Gasteiger partial charge is 0.213 e. The summed E-state index contributed by atoms with van der Waals surface area (Å²) in [7, 11) is -1.64. The molecule has 21 heavy (non-hydrogen) atoms. The van der Waals surface area contributed by atoms with Gasteiger partial charge in [-0.1, -0.05) is 0 Å². The summed E-state index contributed by atoms with van der Waals surface area (Å²) in [5, 5.41) is 0. The molecule has 1 aromatic rings. The molecule has 1 fully saturated rings. The summed E-state index contributed by atoms with van der Waals surface area (Å²) in [6, 6.07) is 6.95. The second kappa shape index (κ2) is 6.58. The Balaban J connectivity index is 2.11. The van der Waals surface area contributed by atoms with Crippen molar-refractivity contribution in [2.75, 3.05) is 26.0 Å². The molecule has 1 heterocycles. The van der Waals surface area contributed by atoms with Gasteiger partial charge in [-0.2, -0.15) is 0 Å². The molecule has 0 amide bonds. The third-order valence-corrected chi connectivity index (χ3v) is 5.74. The van der Waals surface area contributed by atoms with E-state index in [-0.39, 0.29) is 17.5 Å². The van der Waals surface area contributed by atoms with Gasteiger partial charge in [0.05, 0.1) is 12.9 Å². The average Bonchev–Trinajstić information content (AvgIpc) is 2.54. The first kappa shape index (κ1) is 16.0. The second-order valence-electron chi connectivity index (χ2n) is 5.19. The van der Waals surface area contributed by atoms with Gasteiger partial charge in [-0.25, -0.2) is 12.7 Å². The number of Topliss-reactive ketones (excluding diaryl/α,β-unsaturated/α-hetero) is 1. The van der Waals surface area contributed by atoms with Crippen LogP contribution < -0.4 is 4.74 Å². The van der Waals surface area contributed by atoms with Crippen LogP contribution in [0.25, 0.3) is 0 Å². The predicted molar refractivity (Wildman–Crippen MR) is 81.1 cm³/mol. The molecule has 0 aliphatic carbocycles. The highest BCUT2D eigenvalue weighted by molar-refractivity contribution is 7.89. The molecule has 0 aromatic heterocycles. The van der Waals surface area contributed by atoms with E-state index in [0.29, 0.717) is 24.4 Å². The van der Waals surface area contributed by atoms with Crippen LogP contribution in [0.5, 0.6) is 5.75 Å². The van der Waals surface area contributed by atoms with Crippen LogP contribution in [0, 0.1) is 5.92 Å². The quantitative estimate of drug-likeness (QED) is 0.780. The van der Waals surface area contributed by atoms with Gasteiger partial charge in [0.25, 0.3) is 0 Å². The van der Waals surface area contributed by atoms with Crippen LogP contribution in [-0.2, 0) is 10.0 Å². The molecule has 0 N–H and O–H groups in total. The number of hydrogen-bond acceptors (Lipinski definition) is 4. The number of carbonyl (C=O) groups is 1. The summed E-state index contributed by atoms with van der Waals surface area (Å²) in [5.41, 5.74) is 0.608. The van der Waals surface area contributed by atoms with Gasteiger partial charge in [-0.3, -0.25) is 4.79 Å². The Morgan fingerprint density at radius 1 is 1.33 bits per heavy atom. The molecule has 1 aromatic carbocycles. The van der Waals surface area contributed by atoms with E-state index in [2.05, 4.69) is 0 Å². The van der Waals surface area contributed by atoms with Crippen LogP contribution in [-0.4, -0.2) is 44.5 Å². The van der Waals surface area contributed by atoms with E-state index in [1.807, 2.05) is 0 Å². The van der Waals surface area contributed by atoms with Crippen LogP contribution in [0.2, 0.25) is 0 Å². The molecule has 116 valence electrons. The van der Waals surface area contributed by atoms with Crippen molar-refractivity contribution in [2.24, 2.45) is 5.92 Å². The lowest BCUT2D eigenvalue weighted by atomic mass is 9.91. The number of benzene rings is 1. The number of rotatable bonds is 5. The molecule has 2 rings (SSSR count). The Hall–Kier alpha value is -1.40. The van der Waals surface area contributed by atoms with Crippen molar-refractivity contribution in [3.05, 3.63) is 29.8 Å². The highest BCUT2D eigenvalue weighted by Crippen LogP contribution is 2.24. The minimum atomic E-state index is -3.22. The summed E-state index contributed by atoms with van der Waals surface area (Å²) in [6.07, 6.45) is 1.46. The number of nitrogens with zero attached hydrogens (tertiary/aromatic N) is 1. The monoisotopic (exact) mass is 311 g/mol. The second-order valence-corrected chi connectivity index (χ2v) is 7.45. The van der Waals surface area contributed by atoms with E-state index in [4.69, 9.17) is 4.74 Å². The Morgan fingerprint density at radius 3 is 2.57 bits per heavy atom. The minimum absolute atomic E-state index is 0.00801. The molecule has 0 spiro atoms. The first-order chi connectivity index (χ1) is 9.97. The summed E-state index contributed by atoms with van der Waals surface area (Å²) in [4.78, 5) is 12.5. The third kappa shape index (κ3) is 3.63. The average molecular weight is 311 g/mol. The number of piperidine rings is 1. The molecule has 1 aliphatic rings. The molecule has 1 atom stereocenters. The van der Waals surface area contributed by atoms with Crippen molar-refractivity contribution in [3.8, 4) is 5.75 Å². The zero-order valence-corrected chi connectivity index (χ0v) is 13.2. The fourth-order valence-electron chi connectivity index (χ4n) is 2.58. The van der Waals surface area contributed by atoms with Crippen molar-refractivity contribution in [3.63, 3.8) is 0 Å². The van der Waals surface area contributed by atoms with Crippen LogP contribution in [0.15, 0.2) is 24.3 Å². The molecule has 0 bridgehead atoms. The van der Waals surface area contributed by atoms with Gasteiger partial charge in [0.1, 0.15) is 5.75 Å². The lowest BCUT2D eigenvalue weighted by molar-refractivity contribution is 0.0872. The Morgan fingerprint density at radius 2 is 2.00 bits per heavy atom. The molecule has 0 radical (unpaired) electrons. The van der Waals surface area contributed by atoms with Crippen molar-refractivity contribution < 1.29 is 17.9 Å².